The Morgan fingerprint density at radius 1 is 0.970 bits per heavy atom. The first-order valence-corrected chi connectivity index (χ1v) is 10.4. The molecule has 0 aliphatic carbocycles. The average molecular weight is 466 g/mol. The number of hydrogen-bond donors (Lipinski definition) is 1. The van der Waals surface area contributed by atoms with Gasteiger partial charge in [0.2, 0.25) is 0 Å². The molecule has 1 N–H and O–H groups in total. The molecule has 0 radical (unpaired) electrons. The van der Waals surface area contributed by atoms with Crippen LogP contribution < -0.4 is 15.0 Å². The standard InChI is InChI=1S/C25H21ClFN3O3/c1-15(28-17-6-13-21(26)22(27)14-17)23-24(16-4-9-19(32-2)10-5-16)29-30(25(23)31)18-7-11-20(33-3)12-8-18/h4-14,29H,1-3H3. The molecule has 0 saturated carbocycles. The molecule has 0 amide bonds. The minimum Gasteiger partial charge on any atom is -0.497 e. The van der Waals surface area contributed by atoms with Gasteiger partial charge in [0, 0.05) is 11.6 Å². The summed E-state index contributed by atoms with van der Waals surface area (Å²) in [6, 6.07) is 18.7. The van der Waals surface area contributed by atoms with E-state index in [-0.39, 0.29) is 10.6 Å². The summed E-state index contributed by atoms with van der Waals surface area (Å²) < 4.78 is 25.8. The molecular formula is C25H21ClFN3O3. The number of nitrogens with zero attached hydrogens (tertiary/aromatic N) is 2. The highest BCUT2D eigenvalue weighted by molar-refractivity contribution is 6.30. The number of methoxy groups -OCH3 is 2. The van der Waals surface area contributed by atoms with Crippen molar-refractivity contribution in [2.75, 3.05) is 14.2 Å². The van der Waals surface area contributed by atoms with Crippen molar-refractivity contribution in [1.29, 1.82) is 0 Å². The number of hydrogen-bond acceptors (Lipinski definition) is 4. The van der Waals surface area contributed by atoms with E-state index in [9.17, 15) is 9.18 Å². The summed E-state index contributed by atoms with van der Waals surface area (Å²) in [6.07, 6.45) is 0. The van der Waals surface area contributed by atoms with E-state index in [0.29, 0.717) is 39.8 Å². The molecule has 8 heteroatoms. The number of ether oxygens (including phenoxy) is 2. The third-order valence-electron chi connectivity index (χ3n) is 5.16. The van der Waals surface area contributed by atoms with E-state index in [4.69, 9.17) is 21.1 Å². The van der Waals surface area contributed by atoms with Crippen LogP contribution >= 0.6 is 11.6 Å². The van der Waals surface area contributed by atoms with E-state index in [2.05, 4.69) is 10.1 Å². The van der Waals surface area contributed by atoms with Gasteiger partial charge >= 0.3 is 0 Å². The van der Waals surface area contributed by atoms with Gasteiger partial charge in [-0.25, -0.2) is 9.07 Å². The number of nitrogens with one attached hydrogen (secondary N) is 1. The Morgan fingerprint density at radius 2 is 1.58 bits per heavy atom. The maximum absolute atomic E-state index is 13.9. The Hall–Kier alpha value is -3.84. The molecular weight excluding hydrogens is 445 g/mol. The average Bonchev–Trinajstić information content (AvgIpc) is 3.18. The van der Waals surface area contributed by atoms with Crippen molar-refractivity contribution in [3.63, 3.8) is 0 Å². The Labute approximate surface area is 194 Å². The van der Waals surface area contributed by atoms with Crippen molar-refractivity contribution in [3.05, 3.63) is 93.5 Å². The summed E-state index contributed by atoms with van der Waals surface area (Å²) >= 11 is 5.78. The highest BCUT2D eigenvalue weighted by Gasteiger charge is 2.20. The van der Waals surface area contributed by atoms with Gasteiger partial charge in [0.25, 0.3) is 5.56 Å². The van der Waals surface area contributed by atoms with Crippen LogP contribution in [0.3, 0.4) is 0 Å². The van der Waals surface area contributed by atoms with Gasteiger partial charge in [-0.3, -0.25) is 14.9 Å². The van der Waals surface area contributed by atoms with Crippen LogP contribution in [0.25, 0.3) is 16.9 Å². The van der Waals surface area contributed by atoms with Crippen LogP contribution in [0.4, 0.5) is 10.1 Å². The van der Waals surface area contributed by atoms with Crippen molar-refractivity contribution in [3.8, 4) is 28.4 Å². The van der Waals surface area contributed by atoms with Crippen LogP contribution in [0, 0.1) is 5.82 Å². The second kappa shape index (κ2) is 9.34. The molecule has 168 valence electrons. The molecule has 0 atom stereocenters. The topological polar surface area (TPSA) is 68.6 Å². The van der Waals surface area contributed by atoms with Gasteiger partial charge in [-0.15, -0.1) is 0 Å². The molecule has 4 rings (SSSR count). The maximum Gasteiger partial charge on any atom is 0.280 e. The number of aromatic nitrogens is 2. The van der Waals surface area contributed by atoms with Crippen LogP contribution in [0.5, 0.6) is 11.5 Å². The molecule has 1 heterocycles. The summed E-state index contributed by atoms with van der Waals surface area (Å²) in [5.41, 5.74) is 2.84. The summed E-state index contributed by atoms with van der Waals surface area (Å²) in [6.45, 7) is 1.71. The number of benzene rings is 3. The predicted molar refractivity (Wildman–Crippen MR) is 128 cm³/mol. The molecule has 0 saturated heterocycles. The molecule has 3 aromatic carbocycles. The number of aliphatic imine (C=N–C) groups is 1. The van der Waals surface area contributed by atoms with Crippen molar-refractivity contribution >= 4 is 23.0 Å². The van der Waals surface area contributed by atoms with Crippen molar-refractivity contribution in [1.82, 2.24) is 9.78 Å². The minimum absolute atomic E-state index is 0.00836. The third kappa shape index (κ3) is 4.54. The fourth-order valence-electron chi connectivity index (χ4n) is 3.46. The quantitative estimate of drug-likeness (QED) is 0.367. The zero-order chi connectivity index (χ0) is 23.5. The van der Waals surface area contributed by atoms with E-state index in [0.717, 1.165) is 5.56 Å². The first kappa shape index (κ1) is 22.4. The Kier molecular flexibility index (Phi) is 6.33. The second-order valence-corrected chi connectivity index (χ2v) is 7.63. The highest BCUT2D eigenvalue weighted by atomic mass is 35.5. The fourth-order valence-corrected chi connectivity index (χ4v) is 3.57. The smallest absolute Gasteiger partial charge is 0.280 e. The SMILES string of the molecule is COc1ccc(-c2[nH]n(-c3ccc(OC)cc3)c(=O)c2C(C)=Nc2ccc(Cl)c(F)c2)cc1. The maximum atomic E-state index is 13.9. The van der Waals surface area contributed by atoms with Crippen molar-refractivity contribution < 1.29 is 13.9 Å². The summed E-state index contributed by atoms with van der Waals surface area (Å²) in [4.78, 5) is 18.0. The summed E-state index contributed by atoms with van der Waals surface area (Å²) in [5, 5.41) is 3.20. The van der Waals surface area contributed by atoms with Crippen LogP contribution in [0.1, 0.15) is 12.5 Å². The van der Waals surface area contributed by atoms with Gasteiger partial charge in [-0.1, -0.05) is 11.6 Å². The van der Waals surface area contributed by atoms with Gasteiger partial charge < -0.3 is 9.47 Å². The molecule has 0 fully saturated rings. The molecule has 1 aromatic heterocycles. The summed E-state index contributed by atoms with van der Waals surface area (Å²) in [5.74, 6) is 0.793. The Balaban J connectivity index is 1.88. The van der Waals surface area contributed by atoms with Crippen LogP contribution in [-0.2, 0) is 0 Å². The fraction of sp³-hybridized carbons (Fsp3) is 0.120. The van der Waals surface area contributed by atoms with E-state index in [1.807, 2.05) is 24.3 Å². The first-order chi connectivity index (χ1) is 15.9. The molecule has 0 aliphatic heterocycles. The lowest BCUT2D eigenvalue weighted by atomic mass is 10.0. The van der Waals surface area contributed by atoms with E-state index in [1.54, 1.807) is 51.5 Å². The van der Waals surface area contributed by atoms with E-state index < -0.39 is 5.82 Å². The third-order valence-corrected chi connectivity index (χ3v) is 5.47. The van der Waals surface area contributed by atoms with Gasteiger partial charge in [0.15, 0.2) is 0 Å². The van der Waals surface area contributed by atoms with Crippen LogP contribution in [-0.4, -0.2) is 29.7 Å². The lowest BCUT2D eigenvalue weighted by Crippen LogP contribution is -2.19. The minimum atomic E-state index is -0.578. The van der Waals surface area contributed by atoms with Gasteiger partial charge in [0.05, 0.1) is 47.6 Å². The van der Waals surface area contributed by atoms with E-state index in [1.165, 1.54) is 16.8 Å². The van der Waals surface area contributed by atoms with Crippen molar-refractivity contribution in [2.45, 2.75) is 6.92 Å². The Morgan fingerprint density at radius 3 is 2.15 bits per heavy atom. The zero-order valence-electron chi connectivity index (χ0n) is 18.2. The highest BCUT2D eigenvalue weighted by Crippen LogP contribution is 2.26. The van der Waals surface area contributed by atoms with E-state index >= 15 is 0 Å². The molecule has 0 bridgehead atoms. The lowest BCUT2D eigenvalue weighted by Gasteiger charge is -2.05. The number of halogens is 2. The molecule has 0 unspecified atom stereocenters. The number of H-pyrrole nitrogens is 1. The predicted octanol–water partition coefficient (Wildman–Crippen LogP) is 5.78. The van der Waals surface area contributed by atoms with Crippen molar-refractivity contribution in [2.24, 2.45) is 4.99 Å². The van der Waals surface area contributed by atoms with Gasteiger partial charge in [-0.2, -0.15) is 0 Å². The number of rotatable bonds is 6. The largest absolute Gasteiger partial charge is 0.497 e. The van der Waals surface area contributed by atoms with Crippen LogP contribution in [0.15, 0.2) is 76.5 Å². The zero-order valence-corrected chi connectivity index (χ0v) is 19.0. The van der Waals surface area contributed by atoms with Gasteiger partial charge in [0.1, 0.15) is 17.3 Å². The molecule has 6 nitrogen and oxygen atoms in total. The molecule has 0 spiro atoms. The summed E-state index contributed by atoms with van der Waals surface area (Å²) in [7, 11) is 3.17. The lowest BCUT2D eigenvalue weighted by molar-refractivity contribution is 0.414. The van der Waals surface area contributed by atoms with Gasteiger partial charge in [-0.05, 0) is 67.6 Å². The first-order valence-electron chi connectivity index (χ1n) is 10.1. The normalized spacial score (nSPS) is 11.5. The number of aromatic amines is 1. The monoisotopic (exact) mass is 465 g/mol. The molecule has 0 aliphatic rings. The second-order valence-electron chi connectivity index (χ2n) is 7.22. The molecule has 33 heavy (non-hydrogen) atoms. The Bertz CT molecular complexity index is 1370. The van der Waals surface area contributed by atoms with Crippen LogP contribution in [0.2, 0.25) is 5.02 Å². The molecule has 4 aromatic rings.